The zero-order chi connectivity index (χ0) is 35.5. The number of rotatable bonds is 12. The van der Waals surface area contributed by atoms with Crippen LogP contribution in [0.25, 0.3) is 0 Å². The summed E-state index contributed by atoms with van der Waals surface area (Å²) in [6.45, 7) is 12.9. The maximum absolute atomic E-state index is 5.73. The number of anilines is 4. The van der Waals surface area contributed by atoms with Gasteiger partial charge in [-0.2, -0.15) is 0 Å². The quantitative estimate of drug-likeness (QED) is 0.110. The van der Waals surface area contributed by atoms with Crippen LogP contribution in [0.15, 0.2) is 144 Å². The number of aryl methyl sites for hydroxylation is 2. The number of allylic oxidation sites excluding steroid dienone is 7. The first-order valence-corrected chi connectivity index (χ1v) is 18.3. The van der Waals surface area contributed by atoms with Crippen molar-refractivity contribution in [2.24, 2.45) is 0 Å². The summed E-state index contributed by atoms with van der Waals surface area (Å²) in [6.07, 6.45) is 24.3. The lowest BCUT2D eigenvalue weighted by molar-refractivity contribution is 0.346. The second-order valence-electron chi connectivity index (χ2n) is 14.0. The topological polar surface area (TPSA) is 6.48 Å². The normalized spacial score (nSPS) is 14.7. The lowest BCUT2D eigenvalue weighted by Crippen LogP contribution is -2.30. The fourth-order valence-electron chi connectivity index (χ4n) is 7.15. The first-order valence-electron chi connectivity index (χ1n) is 18.3. The molecule has 5 rings (SSSR count). The fraction of sp³-hybridized carbons (Fsp3) is 0.292. The predicted octanol–water partition coefficient (Wildman–Crippen LogP) is 13.6. The number of hydrogen-bond donors (Lipinski definition) is 0. The van der Waals surface area contributed by atoms with Gasteiger partial charge < -0.3 is 9.80 Å². The van der Waals surface area contributed by atoms with Gasteiger partial charge in [0, 0.05) is 46.0 Å². The van der Waals surface area contributed by atoms with Crippen molar-refractivity contribution in [2.75, 3.05) is 9.80 Å². The third-order valence-electron chi connectivity index (χ3n) is 9.87. The summed E-state index contributed by atoms with van der Waals surface area (Å²) >= 11 is 0. The Bertz CT molecular complexity index is 1850. The van der Waals surface area contributed by atoms with Crippen molar-refractivity contribution >= 4 is 22.7 Å². The van der Waals surface area contributed by atoms with Crippen molar-refractivity contribution in [3.63, 3.8) is 0 Å². The molecular weight excluding hydrogens is 605 g/mol. The zero-order valence-electron chi connectivity index (χ0n) is 31.0. The smallest absolute Gasteiger partial charge is 0.0461 e. The van der Waals surface area contributed by atoms with Gasteiger partial charge in [0.1, 0.15) is 0 Å². The molecule has 1 saturated carbocycles. The Morgan fingerprint density at radius 1 is 0.660 bits per heavy atom. The van der Waals surface area contributed by atoms with Crippen LogP contribution in [0.3, 0.4) is 0 Å². The highest BCUT2D eigenvalue weighted by Gasteiger charge is 2.36. The molecule has 2 nitrogen and oxygen atoms in total. The molecule has 50 heavy (non-hydrogen) atoms. The average molecular weight is 659 g/mol. The standard InChI is InChI=1S/C48H54N2/c1-8-10-15-43(16-11-9-2)50(46-29-20-39(6)21-30-46)47-33-25-42(26-34-47)48(35-13-12-14-36-48)41-23-31-45(32-24-41)49(40(7)22-17-37(3)4)44-27-18-38(5)19-28-44/h1,11,15-34H,9-10,12-14,35-36H2,2-7H3/b16-11-,40-22+,43-15+. The molecule has 0 spiro atoms. The third kappa shape index (κ3) is 8.58. The van der Waals surface area contributed by atoms with Gasteiger partial charge in [-0.1, -0.05) is 104 Å². The summed E-state index contributed by atoms with van der Waals surface area (Å²) in [5, 5.41) is 0. The predicted molar refractivity (Wildman–Crippen MR) is 218 cm³/mol. The first-order chi connectivity index (χ1) is 24.3. The van der Waals surface area contributed by atoms with E-state index in [2.05, 4.69) is 185 Å². The summed E-state index contributed by atoms with van der Waals surface area (Å²) in [4.78, 5) is 4.70. The lowest BCUT2D eigenvalue weighted by Gasteiger charge is -2.39. The van der Waals surface area contributed by atoms with Gasteiger partial charge in [0.15, 0.2) is 0 Å². The van der Waals surface area contributed by atoms with Gasteiger partial charge in [0.05, 0.1) is 0 Å². The van der Waals surface area contributed by atoms with E-state index in [4.69, 9.17) is 6.42 Å². The molecule has 0 radical (unpaired) electrons. The van der Waals surface area contributed by atoms with Gasteiger partial charge >= 0.3 is 0 Å². The van der Waals surface area contributed by atoms with E-state index in [0.717, 1.165) is 36.3 Å². The molecule has 1 fully saturated rings. The summed E-state index contributed by atoms with van der Waals surface area (Å²) in [7, 11) is 0. The summed E-state index contributed by atoms with van der Waals surface area (Å²) < 4.78 is 0. The van der Waals surface area contributed by atoms with Crippen molar-refractivity contribution in [3.05, 3.63) is 167 Å². The second kappa shape index (κ2) is 17.1. The lowest BCUT2D eigenvalue weighted by atomic mass is 9.65. The highest BCUT2D eigenvalue weighted by Crippen LogP contribution is 2.46. The third-order valence-corrected chi connectivity index (χ3v) is 9.87. The van der Waals surface area contributed by atoms with Crippen LogP contribution < -0.4 is 9.80 Å². The molecule has 4 aromatic carbocycles. The molecule has 0 amide bonds. The van der Waals surface area contributed by atoms with Crippen LogP contribution in [0, 0.1) is 26.2 Å². The van der Waals surface area contributed by atoms with Gasteiger partial charge in [0.2, 0.25) is 0 Å². The number of hydrogen-bond acceptors (Lipinski definition) is 2. The average Bonchev–Trinajstić information content (AvgIpc) is 3.14. The second-order valence-corrected chi connectivity index (χ2v) is 14.0. The molecule has 0 atom stereocenters. The molecule has 0 aliphatic heterocycles. The minimum Gasteiger partial charge on any atom is -0.315 e. The Kier molecular flexibility index (Phi) is 12.4. The van der Waals surface area contributed by atoms with Crippen LogP contribution in [0.4, 0.5) is 22.7 Å². The Morgan fingerprint density at radius 2 is 1.12 bits per heavy atom. The Labute approximate surface area is 302 Å². The maximum atomic E-state index is 5.73. The monoisotopic (exact) mass is 658 g/mol. The summed E-state index contributed by atoms with van der Waals surface area (Å²) in [5.41, 5.74) is 13.5. The van der Waals surface area contributed by atoms with Crippen molar-refractivity contribution in [1.82, 2.24) is 0 Å². The molecule has 0 bridgehead atoms. The molecule has 256 valence electrons. The molecule has 0 N–H and O–H groups in total. The van der Waals surface area contributed by atoms with E-state index in [0.29, 0.717) is 6.42 Å². The zero-order valence-corrected chi connectivity index (χ0v) is 31.0. The molecular formula is C48H54N2. The Balaban J connectivity index is 1.54. The van der Waals surface area contributed by atoms with Crippen LogP contribution in [0.2, 0.25) is 0 Å². The van der Waals surface area contributed by atoms with E-state index in [1.165, 1.54) is 64.2 Å². The number of benzene rings is 4. The van der Waals surface area contributed by atoms with E-state index in [1.54, 1.807) is 0 Å². The minimum absolute atomic E-state index is 0.0180. The fourth-order valence-corrected chi connectivity index (χ4v) is 7.15. The maximum Gasteiger partial charge on any atom is 0.0461 e. The SMILES string of the molecule is C#CC/C=C(\C=C/CC)N(c1ccc(C)cc1)c1ccc(C2(c3ccc(N(/C(C)=C/C=C(C)C)c4ccc(C)cc4)cc3)CCCCC2)cc1. The first kappa shape index (κ1) is 36.3. The van der Waals surface area contributed by atoms with Crippen LogP contribution in [0.1, 0.15) is 94.9 Å². The molecule has 4 aromatic rings. The van der Waals surface area contributed by atoms with Gasteiger partial charge in [-0.25, -0.2) is 0 Å². The summed E-state index contributed by atoms with van der Waals surface area (Å²) in [6, 6.07) is 36.4. The van der Waals surface area contributed by atoms with Gasteiger partial charge in [-0.15, -0.1) is 12.3 Å². The van der Waals surface area contributed by atoms with Crippen LogP contribution in [0.5, 0.6) is 0 Å². The molecule has 0 unspecified atom stereocenters. The molecule has 0 aromatic heterocycles. The van der Waals surface area contributed by atoms with E-state index in [1.807, 2.05) is 0 Å². The van der Waals surface area contributed by atoms with Crippen molar-refractivity contribution in [3.8, 4) is 12.3 Å². The van der Waals surface area contributed by atoms with Crippen LogP contribution >= 0.6 is 0 Å². The Morgan fingerprint density at radius 3 is 1.56 bits per heavy atom. The molecule has 2 heteroatoms. The number of terminal acetylenes is 1. The molecule has 1 aliphatic rings. The number of nitrogens with zero attached hydrogens (tertiary/aromatic N) is 2. The van der Waals surface area contributed by atoms with Crippen LogP contribution in [-0.4, -0.2) is 0 Å². The van der Waals surface area contributed by atoms with Crippen molar-refractivity contribution in [2.45, 2.75) is 91.9 Å². The van der Waals surface area contributed by atoms with E-state index in [9.17, 15) is 0 Å². The van der Waals surface area contributed by atoms with Crippen LogP contribution in [-0.2, 0) is 5.41 Å². The molecule has 0 saturated heterocycles. The van der Waals surface area contributed by atoms with Crippen molar-refractivity contribution < 1.29 is 0 Å². The summed E-state index contributed by atoms with van der Waals surface area (Å²) in [5.74, 6) is 2.81. The highest BCUT2D eigenvalue weighted by atomic mass is 15.1. The van der Waals surface area contributed by atoms with E-state index in [-0.39, 0.29) is 5.41 Å². The molecule has 0 heterocycles. The van der Waals surface area contributed by atoms with E-state index >= 15 is 0 Å². The van der Waals surface area contributed by atoms with Gasteiger partial charge in [0.25, 0.3) is 0 Å². The van der Waals surface area contributed by atoms with Gasteiger partial charge in [-0.3, -0.25) is 0 Å². The van der Waals surface area contributed by atoms with E-state index < -0.39 is 0 Å². The largest absolute Gasteiger partial charge is 0.315 e. The Hall–Kier alpha value is -5.00. The van der Waals surface area contributed by atoms with Gasteiger partial charge in [-0.05, 0) is 132 Å². The minimum atomic E-state index is -0.0180. The molecule has 1 aliphatic carbocycles. The van der Waals surface area contributed by atoms with Crippen molar-refractivity contribution in [1.29, 1.82) is 0 Å². The highest BCUT2D eigenvalue weighted by molar-refractivity contribution is 5.72.